The molecule has 0 aliphatic heterocycles. The topological polar surface area (TPSA) is 17.1 Å². The molecule has 1 aliphatic carbocycles. The molecule has 2 aromatic rings. The first-order valence-corrected chi connectivity index (χ1v) is 8.38. The normalized spacial score (nSPS) is 14.8. The summed E-state index contributed by atoms with van der Waals surface area (Å²) in [5, 5.41) is 2.33. The van der Waals surface area contributed by atoms with Crippen molar-refractivity contribution in [2.45, 2.75) is 40.5 Å². The Morgan fingerprint density at radius 2 is 1.74 bits per heavy atom. The van der Waals surface area contributed by atoms with Gasteiger partial charge in [-0.05, 0) is 51.5 Å². The number of benzene rings is 2. The number of allylic oxidation sites excluding steroid dienone is 4. The standard InChI is InChI=1S/C22H24O/c1-5-21(23)19-14-16-10-7-6-9-15(16)13-18(19)17-11-8-12-20(17)22(2,3)4/h6-10,12-14H,5,11H2,1-4H3. The van der Waals surface area contributed by atoms with Crippen LogP contribution >= 0.6 is 0 Å². The lowest BCUT2D eigenvalue weighted by molar-refractivity contribution is 0.0988. The van der Waals surface area contributed by atoms with Crippen molar-refractivity contribution in [2.24, 2.45) is 5.41 Å². The molecule has 1 aliphatic rings. The molecule has 0 saturated carbocycles. The molecule has 1 nitrogen and oxygen atoms in total. The van der Waals surface area contributed by atoms with E-state index in [4.69, 9.17) is 0 Å². The monoisotopic (exact) mass is 304 g/mol. The molecule has 0 bridgehead atoms. The molecule has 3 rings (SSSR count). The predicted octanol–water partition coefficient (Wildman–Crippen LogP) is 6.19. The Balaban J connectivity index is 2.29. The third-order valence-corrected chi connectivity index (χ3v) is 4.57. The van der Waals surface area contributed by atoms with Crippen molar-refractivity contribution in [1.29, 1.82) is 0 Å². The molecule has 0 atom stereocenters. The van der Waals surface area contributed by atoms with Crippen molar-refractivity contribution in [3.8, 4) is 0 Å². The minimum atomic E-state index is 0.0838. The maximum Gasteiger partial charge on any atom is 0.163 e. The number of ketones is 1. The van der Waals surface area contributed by atoms with Crippen molar-refractivity contribution in [3.05, 3.63) is 65.3 Å². The summed E-state index contributed by atoms with van der Waals surface area (Å²) >= 11 is 0. The lowest BCUT2D eigenvalue weighted by Gasteiger charge is -2.23. The lowest BCUT2D eigenvalue weighted by atomic mass is 9.81. The van der Waals surface area contributed by atoms with Crippen molar-refractivity contribution in [2.75, 3.05) is 0 Å². The summed E-state index contributed by atoms with van der Waals surface area (Å²) in [6, 6.07) is 12.6. The number of hydrogen-bond donors (Lipinski definition) is 0. The molecule has 0 radical (unpaired) electrons. The quantitative estimate of drug-likeness (QED) is 0.618. The van der Waals surface area contributed by atoms with Crippen LogP contribution < -0.4 is 0 Å². The van der Waals surface area contributed by atoms with E-state index < -0.39 is 0 Å². The zero-order chi connectivity index (χ0) is 16.6. The summed E-state index contributed by atoms with van der Waals surface area (Å²) in [7, 11) is 0. The molecule has 2 aromatic carbocycles. The van der Waals surface area contributed by atoms with E-state index in [1.807, 2.05) is 13.0 Å². The summed E-state index contributed by atoms with van der Waals surface area (Å²) in [6.45, 7) is 8.65. The Morgan fingerprint density at radius 1 is 1.09 bits per heavy atom. The van der Waals surface area contributed by atoms with Gasteiger partial charge in [0.25, 0.3) is 0 Å². The zero-order valence-corrected chi connectivity index (χ0v) is 14.4. The molecule has 1 heteroatoms. The predicted molar refractivity (Wildman–Crippen MR) is 98.7 cm³/mol. The Kier molecular flexibility index (Phi) is 3.97. The fourth-order valence-corrected chi connectivity index (χ4v) is 3.37. The molecule has 0 aromatic heterocycles. The third kappa shape index (κ3) is 2.88. The first-order chi connectivity index (χ1) is 10.9. The number of fused-ring (bicyclic) bond motifs is 1. The van der Waals surface area contributed by atoms with Crippen LogP contribution in [0.2, 0.25) is 0 Å². The maximum absolute atomic E-state index is 12.5. The number of carbonyl (C=O) groups is 1. The largest absolute Gasteiger partial charge is 0.294 e. The van der Waals surface area contributed by atoms with Gasteiger partial charge in [0, 0.05) is 12.0 Å². The van der Waals surface area contributed by atoms with Gasteiger partial charge in [0.05, 0.1) is 0 Å². The molecule has 0 unspecified atom stereocenters. The average Bonchev–Trinajstić information content (AvgIpc) is 3.02. The molecule has 0 N–H and O–H groups in total. The van der Waals surface area contributed by atoms with E-state index in [0.29, 0.717) is 6.42 Å². The summed E-state index contributed by atoms with van der Waals surface area (Å²) in [5.74, 6) is 0.221. The van der Waals surface area contributed by atoms with Crippen LogP contribution in [0.4, 0.5) is 0 Å². The number of rotatable bonds is 3. The molecule has 23 heavy (non-hydrogen) atoms. The van der Waals surface area contributed by atoms with Crippen molar-refractivity contribution >= 4 is 22.1 Å². The summed E-state index contributed by atoms with van der Waals surface area (Å²) in [4.78, 5) is 12.5. The van der Waals surface area contributed by atoms with Crippen LogP contribution in [0.1, 0.15) is 56.5 Å². The summed E-state index contributed by atoms with van der Waals surface area (Å²) < 4.78 is 0. The van der Waals surface area contributed by atoms with Gasteiger partial charge in [-0.1, -0.05) is 64.1 Å². The van der Waals surface area contributed by atoms with Crippen LogP contribution in [-0.4, -0.2) is 5.78 Å². The van der Waals surface area contributed by atoms with Crippen molar-refractivity contribution in [3.63, 3.8) is 0 Å². The maximum atomic E-state index is 12.5. The third-order valence-electron chi connectivity index (χ3n) is 4.57. The van der Waals surface area contributed by atoms with Gasteiger partial charge < -0.3 is 0 Å². The van der Waals surface area contributed by atoms with Crippen molar-refractivity contribution in [1.82, 2.24) is 0 Å². The number of carbonyl (C=O) groups excluding carboxylic acids is 1. The highest BCUT2D eigenvalue weighted by Gasteiger charge is 2.25. The fourth-order valence-electron chi connectivity index (χ4n) is 3.37. The van der Waals surface area contributed by atoms with Gasteiger partial charge >= 0.3 is 0 Å². The van der Waals surface area contributed by atoms with Gasteiger partial charge in [-0.3, -0.25) is 4.79 Å². The Labute approximate surface area is 138 Å². The molecular weight excluding hydrogens is 280 g/mol. The van der Waals surface area contributed by atoms with Crippen LogP contribution in [0.25, 0.3) is 16.3 Å². The molecule has 0 heterocycles. The van der Waals surface area contributed by atoms with Gasteiger partial charge in [-0.25, -0.2) is 0 Å². The second kappa shape index (κ2) is 5.81. The van der Waals surface area contributed by atoms with Gasteiger partial charge in [-0.15, -0.1) is 0 Å². The highest BCUT2D eigenvalue weighted by atomic mass is 16.1. The zero-order valence-electron chi connectivity index (χ0n) is 14.4. The van der Waals surface area contributed by atoms with E-state index in [0.717, 1.165) is 22.9 Å². The van der Waals surface area contributed by atoms with Crippen LogP contribution in [0, 0.1) is 5.41 Å². The Hall–Kier alpha value is -2.15. The van der Waals surface area contributed by atoms with Crippen LogP contribution in [0.3, 0.4) is 0 Å². The average molecular weight is 304 g/mol. The van der Waals surface area contributed by atoms with Crippen LogP contribution in [-0.2, 0) is 0 Å². The molecular formula is C22H24O. The molecule has 0 fully saturated rings. The lowest BCUT2D eigenvalue weighted by Crippen LogP contribution is -2.10. The van der Waals surface area contributed by atoms with Crippen LogP contribution in [0.5, 0.6) is 0 Å². The highest BCUT2D eigenvalue weighted by Crippen LogP contribution is 2.41. The Morgan fingerprint density at radius 3 is 2.35 bits per heavy atom. The molecule has 118 valence electrons. The first kappa shape index (κ1) is 15.7. The minimum Gasteiger partial charge on any atom is -0.294 e. The second-order valence-electron chi connectivity index (χ2n) is 7.27. The van der Waals surface area contributed by atoms with Gasteiger partial charge in [0.15, 0.2) is 5.78 Å². The summed E-state index contributed by atoms with van der Waals surface area (Å²) in [5.41, 5.74) is 4.72. The molecule has 0 saturated heterocycles. The Bertz CT molecular complexity index is 829. The van der Waals surface area contributed by atoms with E-state index in [1.54, 1.807) is 0 Å². The fraction of sp³-hybridized carbons (Fsp3) is 0.318. The van der Waals surface area contributed by atoms with Crippen LogP contribution in [0.15, 0.2) is 54.1 Å². The number of Topliss-reactive ketones (excluding diaryl/α,β-unsaturated/α-hetero) is 1. The smallest absolute Gasteiger partial charge is 0.163 e. The minimum absolute atomic E-state index is 0.0838. The van der Waals surface area contributed by atoms with E-state index in [-0.39, 0.29) is 11.2 Å². The first-order valence-electron chi connectivity index (χ1n) is 8.38. The second-order valence-corrected chi connectivity index (χ2v) is 7.27. The van der Waals surface area contributed by atoms with Gasteiger partial charge in [0.1, 0.15) is 0 Å². The summed E-state index contributed by atoms with van der Waals surface area (Å²) in [6.07, 6.45) is 5.89. The van der Waals surface area contributed by atoms with Crippen molar-refractivity contribution < 1.29 is 4.79 Å². The van der Waals surface area contributed by atoms with E-state index >= 15 is 0 Å². The van der Waals surface area contributed by atoms with Gasteiger partial charge in [0.2, 0.25) is 0 Å². The van der Waals surface area contributed by atoms with Gasteiger partial charge in [-0.2, -0.15) is 0 Å². The molecule has 0 amide bonds. The highest BCUT2D eigenvalue weighted by molar-refractivity contribution is 6.05. The van der Waals surface area contributed by atoms with E-state index in [2.05, 4.69) is 63.3 Å². The SMILES string of the molecule is CCC(=O)c1cc2ccccc2cc1C1=C(C(C)(C)C)C=CC1. The van der Waals surface area contributed by atoms with E-state index in [9.17, 15) is 4.79 Å². The molecule has 0 spiro atoms. The number of hydrogen-bond acceptors (Lipinski definition) is 1. The van der Waals surface area contributed by atoms with E-state index in [1.165, 1.54) is 16.5 Å².